The van der Waals surface area contributed by atoms with Crippen LogP contribution >= 0.6 is 0 Å². The zero-order valence-electron chi connectivity index (χ0n) is 19.6. The average molecular weight is 482 g/mol. The van der Waals surface area contributed by atoms with Crippen molar-refractivity contribution in [1.29, 1.82) is 0 Å². The van der Waals surface area contributed by atoms with Gasteiger partial charge >= 0.3 is 17.9 Å². The van der Waals surface area contributed by atoms with Gasteiger partial charge in [0.05, 0.1) is 26.7 Å². The Hall–Kier alpha value is -3.02. The van der Waals surface area contributed by atoms with Crippen LogP contribution in [0.2, 0.25) is 0 Å². The Morgan fingerprint density at radius 1 is 0.882 bits per heavy atom. The lowest BCUT2D eigenvalue weighted by Gasteiger charge is -2.42. The van der Waals surface area contributed by atoms with Crippen molar-refractivity contribution in [2.24, 2.45) is 0 Å². The summed E-state index contributed by atoms with van der Waals surface area (Å²) in [4.78, 5) is 46.9. The number of ketones is 1. The standard InChI is InChI=1S/C23H30O11/c1-13(24)5-10-19(27)34-20-18(12-30-11-16-6-8-17(29-4)9-7-16)33-23(28)22(32-15(3)26)21(20)31-14(2)25/h6-9,18,20-23,28H,5,10-12H2,1-4H3/t18-,20-,21+,22-,23-/m1/s1. The van der Waals surface area contributed by atoms with E-state index in [1.807, 2.05) is 0 Å². The van der Waals surface area contributed by atoms with Crippen molar-refractivity contribution in [3.05, 3.63) is 29.8 Å². The number of carbonyl (C=O) groups excluding carboxylic acids is 4. The van der Waals surface area contributed by atoms with Crippen LogP contribution in [0.5, 0.6) is 5.75 Å². The van der Waals surface area contributed by atoms with Gasteiger partial charge in [-0.15, -0.1) is 0 Å². The van der Waals surface area contributed by atoms with E-state index in [9.17, 15) is 24.3 Å². The molecule has 1 heterocycles. The molecule has 0 bridgehead atoms. The summed E-state index contributed by atoms with van der Waals surface area (Å²) < 4.78 is 32.1. The van der Waals surface area contributed by atoms with Gasteiger partial charge in [-0.2, -0.15) is 0 Å². The number of aliphatic hydroxyl groups excluding tert-OH is 1. The molecular weight excluding hydrogens is 452 g/mol. The van der Waals surface area contributed by atoms with Crippen molar-refractivity contribution in [2.75, 3.05) is 13.7 Å². The fourth-order valence-corrected chi connectivity index (χ4v) is 3.32. The van der Waals surface area contributed by atoms with E-state index in [4.69, 9.17) is 28.4 Å². The van der Waals surface area contributed by atoms with Gasteiger partial charge in [0.25, 0.3) is 0 Å². The molecule has 0 unspecified atom stereocenters. The molecule has 0 aromatic heterocycles. The van der Waals surface area contributed by atoms with Gasteiger partial charge in [0.15, 0.2) is 24.6 Å². The predicted octanol–water partition coefficient (Wildman–Crippen LogP) is 1.07. The van der Waals surface area contributed by atoms with Crippen LogP contribution in [0.4, 0.5) is 0 Å². The van der Waals surface area contributed by atoms with Crippen LogP contribution in [0.3, 0.4) is 0 Å². The molecule has 1 aromatic rings. The van der Waals surface area contributed by atoms with Gasteiger partial charge in [0.1, 0.15) is 17.6 Å². The highest BCUT2D eigenvalue weighted by atomic mass is 16.7. The Kier molecular flexibility index (Phi) is 10.4. The van der Waals surface area contributed by atoms with Gasteiger partial charge in [0.2, 0.25) is 0 Å². The van der Waals surface area contributed by atoms with Crippen molar-refractivity contribution < 1.29 is 52.7 Å². The van der Waals surface area contributed by atoms with Gasteiger partial charge in [0, 0.05) is 20.3 Å². The molecule has 34 heavy (non-hydrogen) atoms. The predicted molar refractivity (Wildman–Crippen MR) is 114 cm³/mol. The number of benzene rings is 1. The number of hydrogen-bond donors (Lipinski definition) is 1. The molecule has 0 amide bonds. The van der Waals surface area contributed by atoms with Crippen molar-refractivity contribution in [1.82, 2.24) is 0 Å². The van der Waals surface area contributed by atoms with Gasteiger partial charge in [-0.25, -0.2) is 0 Å². The van der Waals surface area contributed by atoms with Crippen molar-refractivity contribution in [2.45, 2.75) is 70.9 Å². The van der Waals surface area contributed by atoms with Crippen LogP contribution in [0.25, 0.3) is 0 Å². The lowest BCUT2D eigenvalue weighted by Crippen LogP contribution is -2.62. The van der Waals surface area contributed by atoms with Gasteiger partial charge < -0.3 is 38.3 Å². The largest absolute Gasteiger partial charge is 0.497 e. The Balaban J connectivity index is 2.19. The first kappa shape index (κ1) is 27.2. The summed E-state index contributed by atoms with van der Waals surface area (Å²) in [6.07, 6.45) is -7.06. The summed E-state index contributed by atoms with van der Waals surface area (Å²) in [5, 5.41) is 10.4. The van der Waals surface area contributed by atoms with Crippen LogP contribution in [0, 0.1) is 0 Å². The van der Waals surface area contributed by atoms with Crippen LogP contribution in [0.15, 0.2) is 24.3 Å². The Bertz CT molecular complexity index is 851. The van der Waals surface area contributed by atoms with E-state index in [-0.39, 0.29) is 31.8 Å². The molecule has 0 aliphatic carbocycles. The van der Waals surface area contributed by atoms with Crippen LogP contribution in [-0.2, 0) is 49.5 Å². The molecule has 1 N–H and O–H groups in total. The molecule has 188 valence electrons. The van der Waals surface area contributed by atoms with Gasteiger partial charge in [-0.1, -0.05) is 12.1 Å². The monoisotopic (exact) mass is 482 g/mol. The minimum Gasteiger partial charge on any atom is -0.497 e. The fourth-order valence-electron chi connectivity index (χ4n) is 3.32. The molecule has 11 nitrogen and oxygen atoms in total. The SMILES string of the molecule is COc1ccc(COC[C@H]2O[C@@H](O)[C@H](OC(C)=O)[C@@H](OC(C)=O)[C@@H]2OC(=O)CCC(C)=O)cc1. The van der Waals surface area contributed by atoms with E-state index in [0.29, 0.717) is 5.75 Å². The summed E-state index contributed by atoms with van der Waals surface area (Å²) >= 11 is 0. The maximum absolute atomic E-state index is 12.4. The number of carbonyl (C=O) groups is 4. The lowest BCUT2D eigenvalue weighted by molar-refractivity contribution is -0.297. The zero-order valence-corrected chi connectivity index (χ0v) is 19.6. The maximum atomic E-state index is 12.4. The molecule has 0 spiro atoms. The van der Waals surface area contributed by atoms with Gasteiger partial charge in [-0.3, -0.25) is 14.4 Å². The topological polar surface area (TPSA) is 144 Å². The number of methoxy groups -OCH3 is 1. The van der Waals surface area contributed by atoms with Crippen LogP contribution < -0.4 is 4.74 Å². The first-order chi connectivity index (χ1) is 16.1. The van der Waals surface area contributed by atoms with Crippen molar-refractivity contribution in [3.63, 3.8) is 0 Å². The third kappa shape index (κ3) is 8.40. The Labute approximate surface area is 197 Å². The first-order valence-electron chi connectivity index (χ1n) is 10.7. The number of ether oxygens (including phenoxy) is 6. The highest BCUT2D eigenvalue weighted by Gasteiger charge is 2.51. The minimum absolute atomic E-state index is 0.0424. The molecule has 11 heteroatoms. The number of rotatable bonds is 11. The maximum Gasteiger partial charge on any atom is 0.306 e. The minimum atomic E-state index is -1.67. The van der Waals surface area contributed by atoms with Crippen LogP contribution in [-0.4, -0.2) is 73.2 Å². The average Bonchev–Trinajstić information content (AvgIpc) is 2.77. The molecular formula is C23H30O11. The highest BCUT2D eigenvalue weighted by Crippen LogP contribution is 2.28. The second-order valence-electron chi connectivity index (χ2n) is 7.73. The number of hydrogen-bond acceptors (Lipinski definition) is 11. The summed E-state index contributed by atoms with van der Waals surface area (Å²) in [6.45, 7) is 3.57. The van der Waals surface area contributed by atoms with E-state index in [1.165, 1.54) is 6.92 Å². The third-order valence-corrected chi connectivity index (χ3v) is 4.87. The van der Waals surface area contributed by atoms with Crippen molar-refractivity contribution >= 4 is 23.7 Å². The molecule has 1 saturated heterocycles. The fraction of sp³-hybridized carbons (Fsp3) is 0.565. The summed E-state index contributed by atoms with van der Waals surface area (Å²) in [7, 11) is 1.55. The molecule has 0 saturated carbocycles. The quantitative estimate of drug-likeness (QED) is 0.357. The molecule has 2 rings (SSSR count). The second-order valence-corrected chi connectivity index (χ2v) is 7.73. The number of aliphatic hydroxyl groups is 1. The molecule has 1 aliphatic heterocycles. The second kappa shape index (κ2) is 13.0. The Morgan fingerprint density at radius 2 is 1.50 bits per heavy atom. The smallest absolute Gasteiger partial charge is 0.306 e. The molecule has 5 atom stereocenters. The molecule has 1 aliphatic rings. The van der Waals surface area contributed by atoms with E-state index >= 15 is 0 Å². The summed E-state index contributed by atoms with van der Waals surface area (Å²) in [6, 6.07) is 7.12. The molecule has 1 aromatic carbocycles. The van der Waals surface area contributed by atoms with E-state index in [1.54, 1.807) is 31.4 Å². The van der Waals surface area contributed by atoms with Crippen molar-refractivity contribution in [3.8, 4) is 5.75 Å². The van der Waals surface area contributed by atoms with Crippen LogP contribution in [0.1, 0.15) is 39.2 Å². The summed E-state index contributed by atoms with van der Waals surface area (Å²) in [5.74, 6) is -1.79. The number of Topliss-reactive ketones (excluding diaryl/α,β-unsaturated/α-hetero) is 1. The lowest BCUT2D eigenvalue weighted by atomic mass is 9.98. The molecule has 0 radical (unpaired) electrons. The molecule has 1 fully saturated rings. The Morgan fingerprint density at radius 3 is 2.06 bits per heavy atom. The van der Waals surface area contributed by atoms with E-state index in [2.05, 4.69) is 0 Å². The highest BCUT2D eigenvalue weighted by molar-refractivity contribution is 5.81. The number of esters is 3. The van der Waals surface area contributed by atoms with Gasteiger partial charge in [-0.05, 0) is 24.6 Å². The first-order valence-corrected chi connectivity index (χ1v) is 10.7. The third-order valence-electron chi connectivity index (χ3n) is 4.87. The van der Waals surface area contributed by atoms with E-state index < -0.39 is 48.6 Å². The summed E-state index contributed by atoms with van der Waals surface area (Å²) in [5.41, 5.74) is 0.821. The normalized spacial score (nSPS) is 24.1. The van der Waals surface area contributed by atoms with E-state index in [0.717, 1.165) is 19.4 Å². The zero-order chi connectivity index (χ0) is 25.3.